The maximum Gasteiger partial charge on any atom is 0.221 e. The van der Waals surface area contributed by atoms with Gasteiger partial charge in [0.1, 0.15) is 0 Å². The molecule has 1 rings (SSSR count). The largest absolute Gasteiger partial charge is 0.356 e. The van der Waals surface area contributed by atoms with Gasteiger partial charge in [-0.15, -0.1) is 0 Å². The number of rotatable bonds is 8. The van der Waals surface area contributed by atoms with Crippen LogP contribution in [0.2, 0.25) is 0 Å². The van der Waals surface area contributed by atoms with Gasteiger partial charge in [0.25, 0.3) is 0 Å². The zero-order chi connectivity index (χ0) is 15.0. The van der Waals surface area contributed by atoms with E-state index in [1.807, 2.05) is 19.0 Å². The smallest absolute Gasteiger partial charge is 0.221 e. The fourth-order valence-corrected chi connectivity index (χ4v) is 2.75. The van der Waals surface area contributed by atoms with Crippen LogP contribution in [0.3, 0.4) is 0 Å². The van der Waals surface area contributed by atoms with E-state index in [2.05, 4.69) is 10.2 Å². The van der Waals surface area contributed by atoms with Gasteiger partial charge in [-0.3, -0.25) is 9.59 Å². The van der Waals surface area contributed by atoms with Gasteiger partial charge in [0, 0.05) is 32.5 Å². The number of nitrogens with zero attached hydrogens (tertiary/aromatic N) is 2. The molecule has 2 amide bonds. The lowest BCUT2D eigenvalue weighted by molar-refractivity contribution is -0.131. The molecule has 1 N–H and O–H groups in total. The zero-order valence-electron chi connectivity index (χ0n) is 13.2. The minimum atomic E-state index is 0.0491. The van der Waals surface area contributed by atoms with Gasteiger partial charge in [0.15, 0.2) is 0 Å². The summed E-state index contributed by atoms with van der Waals surface area (Å²) in [5, 5.41) is 2.92. The van der Waals surface area contributed by atoms with Crippen molar-refractivity contribution in [2.75, 3.05) is 33.7 Å². The monoisotopic (exact) mass is 283 g/mol. The molecule has 0 aromatic carbocycles. The van der Waals surface area contributed by atoms with Crippen LogP contribution in [-0.2, 0) is 9.59 Å². The van der Waals surface area contributed by atoms with E-state index in [9.17, 15) is 9.59 Å². The van der Waals surface area contributed by atoms with E-state index in [0.29, 0.717) is 25.6 Å². The summed E-state index contributed by atoms with van der Waals surface area (Å²) in [6.45, 7) is 3.84. The molecule has 0 radical (unpaired) electrons. The number of nitrogens with one attached hydrogen (secondary N) is 1. The van der Waals surface area contributed by atoms with Crippen LogP contribution >= 0.6 is 0 Å². The molecule has 1 aliphatic carbocycles. The number of hydrogen-bond acceptors (Lipinski definition) is 3. The summed E-state index contributed by atoms with van der Waals surface area (Å²) in [6.07, 6.45) is 5.94. The normalized spacial score (nSPS) is 15.6. The summed E-state index contributed by atoms with van der Waals surface area (Å²) >= 11 is 0. The second-order valence-electron chi connectivity index (χ2n) is 5.91. The van der Waals surface area contributed by atoms with E-state index in [4.69, 9.17) is 0 Å². The molecule has 0 unspecified atom stereocenters. The molecule has 1 aliphatic rings. The first-order valence-corrected chi connectivity index (χ1v) is 7.69. The van der Waals surface area contributed by atoms with Gasteiger partial charge >= 0.3 is 0 Å². The van der Waals surface area contributed by atoms with E-state index in [0.717, 1.165) is 25.8 Å². The Bertz CT molecular complexity index is 312. The Hall–Kier alpha value is -1.10. The van der Waals surface area contributed by atoms with Gasteiger partial charge < -0.3 is 15.1 Å². The Balaban J connectivity index is 2.21. The summed E-state index contributed by atoms with van der Waals surface area (Å²) in [5.41, 5.74) is 0. The van der Waals surface area contributed by atoms with Crippen LogP contribution in [0.5, 0.6) is 0 Å². The first-order chi connectivity index (χ1) is 9.50. The average Bonchev–Trinajstić information content (AvgIpc) is 2.88. The SMILES string of the molecule is CC(=O)N(CCC(=O)NCCCN(C)C)C1CCCC1. The minimum Gasteiger partial charge on any atom is -0.356 e. The quantitative estimate of drug-likeness (QED) is 0.682. The molecule has 1 saturated carbocycles. The van der Waals surface area contributed by atoms with E-state index in [1.165, 1.54) is 12.8 Å². The molecule has 0 bridgehead atoms. The molecule has 5 nitrogen and oxygen atoms in total. The molecular formula is C15H29N3O2. The van der Waals surface area contributed by atoms with E-state index >= 15 is 0 Å². The maximum atomic E-state index is 11.8. The first-order valence-electron chi connectivity index (χ1n) is 7.69. The predicted octanol–water partition coefficient (Wildman–Crippen LogP) is 1.24. The summed E-state index contributed by atoms with van der Waals surface area (Å²) < 4.78 is 0. The van der Waals surface area contributed by atoms with Crippen LogP contribution in [0, 0.1) is 0 Å². The van der Waals surface area contributed by atoms with Crippen molar-refractivity contribution in [1.29, 1.82) is 0 Å². The summed E-state index contributed by atoms with van der Waals surface area (Å²) in [7, 11) is 4.04. The molecular weight excluding hydrogens is 254 g/mol. The highest BCUT2D eigenvalue weighted by molar-refractivity contribution is 5.78. The Kier molecular flexibility index (Phi) is 7.59. The molecule has 0 atom stereocenters. The Morgan fingerprint density at radius 1 is 1.15 bits per heavy atom. The van der Waals surface area contributed by atoms with Crippen molar-refractivity contribution in [3.05, 3.63) is 0 Å². The molecule has 0 heterocycles. The van der Waals surface area contributed by atoms with Gasteiger partial charge in [-0.1, -0.05) is 12.8 Å². The molecule has 0 aliphatic heterocycles. The minimum absolute atomic E-state index is 0.0491. The fraction of sp³-hybridized carbons (Fsp3) is 0.867. The summed E-state index contributed by atoms with van der Waals surface area (Å²) in [5.74, 6) is 0.144. The number of carbonyl (C=O) groups is 2. The van der Waals surface area contributed by atoms with Crippen molar-refractivity contribution in [2.24, 2.45) is 0 Å². The van der Waals surface area contributed by atoms with Gasteiger partial charge in [-0.2, -0.15) is 0 Å². The van der Waals surface area contributed by atoms with Crippen LogP contribution in [-0.4, -0.2) is 61.4 Å². The lowest BCUT2D eigenvalue weighted by atomic mass is 10.2. The van der Waals surface area contributed by atoms with Crippen molar-refractivity contribution >= 4 is 11.8 Å². The molecule has 0 spiro atoms. The van der Waals surface area contributed by atoms with E-state index < -0.39 is 0 Å². The van der Waals surface area contributed by atoms with Crippen molar-refractivity contribution < 1.29 is 9.59 Å². The van der Waals surface area contributed by atoms with Crippen LogP contribution in [0.4, 0.5) is 0 Å². The lowest BCUT2D eigenvalue weighted by Crippen LogP contribution is -2.40. The predicted molar refractivity (Wildman–Crippen MR) is 80.4 cm³/mol. The van der Waals surface area contributed by atoms with Crippen LogP contribution in [0.25, 0.3) is 0 Å². The Labute approximate surface area is 122 Å². The van der Waals surface area contributed by atoms with Crippen molar-refractivity contribution in [1.82, 2.24) is 15.1 Å². The van der Waals surface area contributed by atoms with Gasteiger partial charge in [0.2, 0.25) is 11.8 Å². The highest BCUT2D eigenvalue weighted by Gasteiger charge is 2.24. The second-order valence-corrected chi connectivity index (χ2v) is 5.91. The summed E-state index contributed by atoms with van der Waals surface area (Å²) in [6, 6.07) is 0.356. The van der Waals surface area contributed by atoms with Gasteiger partial charge in [0.05, 0.1) is 0 Å². The Morgan fingerprint density at radius 3 is 2.35 bits per heavy atom. The van der Waals surface area contributed by atoms with E-state index in [1.54, 1.807) is 6.92 Å². The highest BCUT2D eigenvalue weighted by Crippen LogP contribution is 2.23. The lowest BCUT2D eigenvalue weighted by Gasteiger charge is -2.27. The third kappa shape index (κ3) is 6.37. The molecule has 5 heteroatoms. The van der Waals surface area contributed by atoms with Crippen LogP contribution in [0.15, 0.2) is 0 Å². The molecule has 0 saturated heterocycles. The fourth-order valence-electron chi connectivity index (χ4n) is 2.75. The van der Waals surface area contributed by atoms with Gasteiger partial charge in [-0.25, -0.2) is 0 Å². The molecule has 20 heavy (non-hydrogen) atoms. The maximum absolute atomic E-state index is 11.8. The summed E-state index contributed by atoms with van der Waals surface area (Å²) in [4.78, 5) is 27.4. The first kappa shape index (κ1) is 17.0. The number of hydrogen-bond donors (Lipinski definition) is 1. The van der Waals surface area contributed by atoms with Gasteiger partial charge in [-0.05, 0) is 39.9 Å². The Morgan fingerprint density at radius 2 is 1.80 bits per heavy atom. The molecule has 116 valence electrons. The topological polar surface area (TPSA) is 52.7 Å². The third-order valence-corrected chi connectivity index (χ3v) is 3.85. The zero-order valence-corrected chi connectivity index (χ0v) is 13.2. The number of carbonyl (C=O) groups excluding carboxylic acids is 2. The van der Waals surface area contributed by atoms with Crippen LogP contribution in [0.1, 0.15) is 45.4 Å². The second kappa shape index (κ2) is 8.95. The average molecular weight is 283 g/mol. The molecule has 0 aromatic heterocycles. The standard InChI is InChI=1S/C15H29N3O2/c1-13(19)18(14-7-4-5-8-14)12-9-15(20)16-10-6-11-17(2)3/h14H,4-12H2,1-3H3,(H,16,20). The molecule has 0 aromatic rings. The number of amides is 2. The molecule has 1 fully saturated rings. The van der Waals surface area contributed by atoms with Crippen molar-refractivity contribution in [3.63, 3.8) is 0 Å². The highest BCUT2D eigenvalue weighted by atomic mass is 16.2. The van der Waals surface area contributed by atoms with Crippen molar-refractivity contribution in [3.8, 4) is 0 Å². The van der Waals surface area contributed by atoms with Crippen molar-refractivity contribution in [2.45, 2.75) is 51.5 Å². The van der Waals surface area contributed by atoms with Crippen LogP contribution < -0.4 is 5.32 Å². The van der Waals surface area contributed by atoms with E-state index in [-0.39, 0.29) is 11.8 Å². The third-order valence-electron chi connectivity index (χ3n) is 3.85.